The second-order valence-electron chi connectivity index (χ2n) is 22.7. The third kappa shape index (κ3) is 19.7. The molecule has 1 fully saturated rings. The Balaban J connectivity index is 1.37. The summed E-state index contributed by atoms with van der Waals surface area (Å²) in [4.78, 5) is 113. The van der Waals surface area contributed by atoms with Crippen LogP contribution in [-0.4, -0.2) is 164 Å². The standard InChI is InChI=1S/C62H94N8O11/c1-14-42(6)57(68(11)62(78)55(40(2)3)64-61(77)56(41(4)5)67(9)10)49(79-12)39-53(74)69-38-26-32-48(69)58(80-13)43(7)60(76)63-44(8)59(46-29-20-16-21-30-46)81-54(75)34-24-23-31-47(45-27-18-15-19-28-45)65-66-50(71)33-22-17-25-37-70-51(72)35-36-52(70)73/h15-16,18-21,27-30,35-36,40-44,48-49,55-59H,14,17,22-26,31-34,37-39H2,1-13H3,(H,63,76)(H,64,77)(H,66,71)/t42-,43+,44+,48-,49?,55-,56-,57-,58+,59+/m0/s1. The second kappa shape index (κ2) is 33.6. The monoisotopic (exact) mass is 1130 g/mol. The summed E-state index contributed by atoms with van der Waals surface area (Å²) in [6.45, 7) is 16.1. The van der Waals surface area contributed by atoms with Crippen molar-refractivity contribution in [2.24, 2.45) is 28.8 Å². The molecular formula is C62H94N8O11. The first-order chi connectivity index (χ1) is 38.6. The van der Waals surface area contributed by atoms with E-state index in [4.69, 9.17) is 14.2 Å². The second-order valence-corrected chi connectivity index (χ2v) is 22.7. The van der Waals surface area contributed by atoms with Crippen molar-refractivity contribution < 1.29 is 52.6 Å². The average molecular weight is 1130 g/mol. The SMILES string of the molecule is CC[C@H](C)[C@@H](C(CC(=O)N1CCC[C@H]1[C@H](OC)[C@@H](C)C(=O)N[C@H](C)[C@@H](OC(=O)CCCCC(=NNC(=O)CCCCCN1C(=O)C=CC1=O)c1ccccc1)c1ccccc1)OC)N(C)C(=O)[C@@H](NC(=O)[C@H](C(C)C)N(C)C)C(C)C. The van der Waals surface area contributed by atoms with Crippen molar-refractivity contribution in [3.05, 3.63) is 83.9 Å². The van der Waals surface area contributed by atoms with Crippen LogP contribution in [0.1, 0.15) is 150 Å². The van der Waals surface area contributed by atoms with Crippen LogP contribution in [0.2, 0.25) is 0 Å². The third-order valence-corrected chi connectivity index (χ3v) is 15.8. The summed E-state index contributed by atoms with van der Waals surface area (Å²) in [7, 11) is 8.50. The zero-order chi connectivity index (χ0) is 59.9. The van der Waals surface area contributed by atoms with E-state index in [1.54, 1.807) is 37.8 Å². The lowest BCUT2D eigenvalue weighted by Crippen LogP contribution is -2.59. The maximum Gasteiger partial charge on any atom is 0.306 e. The summed E-state index contributed by atoms with van der Waals surface area (Å²) in [5.74, 6) is -3.32. The number of ether oxygens (including phenoxy) is 3. The van der Waals surface area contributed by atoms with Crippen molar-refractivity contribution in [3.63, 3.8) is 0 Å². The first-order valence-corrected chi connectivity index (χ1v) is 29.1. The van der Waals surface area contributed by atoms with Gasteiger partial charge in [0.15, 0.2) is 0 Å². The van der Waals surface area contributed by atoms with E-state index in [9.17, 15) is 38.4 Å². The number of hydrogen-bond donors (Lipinski definition) is 3. The molecule has 0 aliphatic carbocycles. The summed E-state index contributed by atoms with van der Waals surface area (Å²) in [5.41, 5.74) is 4.87. The Kier molecular flexibility index (Phi) is 27.9. The van der Waals surface area contributed by atoms with Crippen LogP contribution < -0.4 is 16.1 Å². The molecule has 1 unspecified atom stereocenters. The van der Waals surface area contributed by atoms with Crippen molar-refractivity contribution in [3.8, 4) is 0 Å². The molecule has 0 saturated carbocycles. The minimum absolute atomic E-state index is 0.0151. The molecule has 3 N–H and O–H groups in total. The van der Waals surface area contributed by atoms with Gasteiger partial charge in [-0.3, -0.25) is 48.2 Å². The van der Waals surface area contributed by atoms with E-state index in [-0.39, 0.29) is 78.4 Å². The van der Waals surface area contributed by atoms with Gasteiger partial charge < -0.3 is 34.6 Å². The molecule has 4 rings (SSSR count). The number of nitrogens with zero attached hydrogens (tertiary/aromatic N) is 5. The van der Waals surface area contributed by atoms with Crippen molar-refractivity contribution in [1.29, 1.82) is 0 Å². The van der Waals surface area contributed by atoms with Crippen LogP contribution in [0, 0.1) is 23.7 Å². The van der Waals surface area contributed by atoms with Gasteiger partial charge in [-0.05, 0) is 94.8 Å². The number of carbonyl (C=O) groups is 8. The molecule has 1 saturated heterocycles. The van der Waals surface area contributed by atoms with Crippen molar-refractivity contribution >= 4 is 53.0 Å². The van der Waals surface area contributed by atoms with Crippen LogP contribution in [0.25, 0.3) is 0 Å². The number of methoxy groups -OCH3 is 2. The number of likely N-dealkylation sites (tertiary alicyclic amines) is 1. The van der Waals surface area contributed by atoms with Crippen LogP contribution in [0.4, 0.5) is 0 Å². The number of carbonyl (C=O) groups excluding carboxylic acids is 8. The highest BCUT2D eigenvalue weighted by Gasteiger charge is 2.44. The summed E-state index contributed by atoms with van der Waals surface area (Å²) >= 11 is 0. The molecule has 2 heterocycles. The summed E-state index contributed by atoms with van der Waals surface area (Å²) < 4.78 is 18.3. The Morgan fingerprint density at radius 3 is 1.94 bits per heavy atom. The molecule has 0 aromatic heterocycles. The molecule has 0 spiro atoms. The van der Waals surface area contributed by atoms with Crippen LogP contribution in [0.15, 0.2) is 77.9 Å². The van der Waals surface area contributed by atoms with E-state index >= 15 is 0 Å². The Hall–Kier alpha value is -6.31. The number of amides is 7. The Morgan fingerprint density at radius 1 is 0.741 bits per heavy atom. The summed E-state index contributed by atoms with van der Waals surface area (Å²) in [6, 6.07) is 15.9. The smallest absolute Gasteiger partial charge is 0.306 e. The van der Waals surface area contributed by atoms with E-state index in [2.05, 4.69) is 21.2 Å². The summed E-state index contributed by atoms with van der Waals surface area (Å²) in [5, 5.41) is 10.6. The molecule has 2 aliphatic rings. The molecule has 2 aromatic rings. The number of hydrazone groups is 1. The number of rotatable bonds is 34. The molecular weight excluding hydrogens is 1030 g/mol. The highest BCUT2D eigenvalue weighted by Crippen LogP contribution is 2.31. The highest BCUT2D eigenvalue weighted by atomic mass is 16.5. The number of unbranched alkanes of at least 4 members (excludes halogenated alkanes) is 3. The van der Waals surface area contributed by atoms with Gasteiger partial charge in [0.2, 0.25) is 29.5 Å². The first kappa shape index (κ1) is 67.2. The summed E-state index contributed by atoms with van der Waals surface area (Å²) in [6.07, 6.45) is 5.97. The van der Waals surface area contributed by atoms with Gasteiger partial charge in [0, 0.05) is 59.4 Å². The van der Waals surface area contributed by atoms with Gasteiger partial charge in [-0.25, -0.2) is 5.43 Å². The molecule has 10 atom stereocenters. The fraction of sp³-hybridized carbons (Fsp3) is 0.629. The lowest BCUT2D eigenvalue weighted by molar-refractivity contribution is -0.152. The van der Waals surface area contributed by atoms with E-state index in [1.807, 2.05) is 121 Å². The zero-order valence-corrected chi connectivity index (χ0v) is 50.5. The fourth-order valence-electron chi connectivity index (χ4n) is 11.2. The normalized spacial score (nSPS) is 18.0. The molecule has 2 aromatic carbocycles. The molecule has 19 heteroatoms. The zero-order valence-electron chi connectivity index (χ0n) is 50.5. The van der Waals surface area contributed by atoms with Crippen LogP contribution in [0.5, 0.6) is 0 Å². The quantitative estimate of drug-likeness (QED) is 0.0212. The molecule has 7 amide bonds. The number of imide groups is 1. The van der Waals surface area contributed by atoms with Crippen LogP contribution in [-0.2, 0) is 52.6 Å². The molecule has 81 heavy (non-hydrogen) atoms. The van der Waals surface area contributed by atoms with E-state index in [0.29, 0.717) is 82.2 Å². The third-order valence-electron chi connectivity index (χ3n) is 15.8. The predicted octanol–water partition coefficient (Wildman–Crippen LogP) is 6.99. The number of likely N-dealkylation sites (N-methyl/N-ethyl adjacent to an activating group) is 2. The van der Waals surface area contributed by atoms with Crippen molar-refractivity contribution in [2.75, 3.05) is 48.5 Å². The number of hydrogen-bond acceptors (Lipinski definition) is 13. The minimum Gasteiger partial charge on any atom is -0.455 e. The predicted molar refractivity (Wildman–Crippen MR) is 312 cm³/mol. The first-order valence-electron chi connectivity index (χ1n) is 29.1. The van der Waals surface area contributed by atoms with E-state index in [0.717, 1.165) is 5.56 Å². The molecule has 19 nitrogen and oxygen atoms in total. The van der Waals surface area contributed by atoms with Gasteiger partial charge in [0.05, 0.1) is 54.4 Å². The lowest BCUT2D eigenvalue weighted by Gasteiger charge is -2.41. The topological polar surface area (TPSA) is 226 Å². The molecule has 0 radical (unpaired) electrons. The van der Waals surface area contributed by atoms with Crippen molar-refractivity contribution in [2.45, 2.75) is 181 Å². The molecule has 0 bridgehead atoms. The van der Waals surface area contributed by atoms with Crippen LogP contribution in [0.3, 0.4) is 0 Å². The van der Waals surface area contributed by atoms with Gasteiger partial charge in [0.25, 0.3) is 11.8 Å². The fourth-order valence-corrected chi connectivity index (χ4v) is 11.2. The largest absolute Gasteiger partial charge is 0.455 e. The number of nitrogens with one attached hydrogen (secondary N) is 3. The lowest BCUT2D eigenvalue weighted by atomic mass is 9.89. The van der Waals surface area contributed by atoms with Gasteiger partial charge >= 0.3 is 5.97 Å². The maximum atomic E-state index is 14.5. The number of benzene rings is 2. The van der Waals surface area contributed by atoms with Gasteiger partial charge in [0.1, 0.15) is 12.1 Å². The molecule has 2 aliphatic heterocycles. The Labute approximate surface area is 481 Å². The van der Waals surface area contributed by atoms with Crippen LogP contribution >= 0.6 is 0 Å². The number of esters is 1. The average Bonchev–Trinajstić information content (AvgIpc) is 4.11. The van der Waals surface area contributed by atoms with E-state index in [1.165, 1.54) is 24.2 Å². The molecule has 448 valence electrons. The highest BCUT2D eigenvalue weighted by molar-refractivity contribution is 6.12. The Morgan fingerprint density at radius 2 is 1.36 bits per heavy atom. The van der Waals surface area contributed by atoms with Gasteiger partial charge in [-0.15, -0.1) is 0 Å². The Bertz CT molecular complexity index is 2410. The van der Waals surface area contributed by atoms with Crippen molar-refractivity contribution in [1.82, 2.24) is 35.7 Å². The van der Waals surface area contributed by atoms with Gasteiger partial charge in [-0.2, -0.15) is 5.10 Å². The van der Waals surface area contributed by atoms with Gasteiger partial charge in [-0.1, -0.05) is 122 Å². The minimum atomic E-state index is -0.823. The maximum absolute atomic E-state index is 14.5. The van der Waals surface area contributed by atoms with E-state index < -0.39 is 60.4 Å².